The van der Waals surface area contributed by atoms with Gasteiger partial charge < -0.3 is 24.1 Å². The van der Waals surface area contributed by atoms with Crippen molar-refractivity contribution in [1.29, 1.82) is 0 Å². The Hall–Kier alpha value is -3.81. The molecule has 0 spiro atoms. The average molecular weight is 494 g/mol. The van der Waals surface area contributed by atoms with Gasteiger partial charge in [0.2, 0.25) is 0 Å². The van der Waals surface area contributed by atoms with E-state index in [0.29, 0.717) is 40.5 Å². The van der Waals surface area contributed by atoms with Crippen LogP contribution in [0.1, 0.15) is 49.7 Å². The maximum absolute atomic E-state index is 13.7. The number of allylic oxidation sites excluding steroid dienone is 2. The van der Waals surface area contributed by atoms with E-state index < -0.39 is 17.8 Å². The van der Waals surface area contributed by atoms with Gasteiger partial charge >= 0.3 is 5.97 Å². The first-order valence-electron chi connectivity index (χ1n) is 11.9. The van der Waals surface area contributed by atoms with Crippen LogP contribution in [0.3, 0.4) is 0 Å². The molecule has 0 amide bonds. The van der Waals surface area contributed by atoms with Gasteiger partial charge in [0.05, 0.1) is 27.9 Å². The summed E-state index contributed by atoms with van der Waals surface area (Å²) in [7, 11) is 4.62. The summed E-state index contributed by atoms with van der Waals surface area (Å²) in [6, 6.07) is 10.6. The molecule has 0 saturated carbocycles. The van der Waals surface area contributed by atoms with Crippen molar-refractivity contribution in [3.63, 3.8) is 0 Å². The SMILES string of the molecule is CCOC(=O)C1C(C)=NC2=C(C(=O)C[C@H](c3ccc(OC)c(OC)c3)C2)[C@H]1c1ccc(O)c(OC)c1. The molecule has 0 bridgehead atoms. The number of Topliss-reactive ketones (excluding diaryl/α,β-unsaturated/α-hetero) is 1. The lowest BCUT2D eigenvalue weighted by molar-refractivity contribution is -0.146. The molecule has 2 aromatic carbocycles. The third-order valence-corrected chi connectivity index (χ3v) is 6.87. The van der Waals surface area contributed by atoms with Crippen LogP contribution in [0.4, 0.5) is 0 Å². The van der Waals surface area contributed by atoms with E-state index in [2.05, 4.69) is 0 Å². The highest BCUT2D eigenvalue weighted by Gasteiger charge is 2.45. The second-order valence-electron chi connectivity index (χ2n) is 8.89. The zero-order chi connectivity index (χ0) is 26.0. The zero-order valence-corrected chi connectivity index (χ0v) is 21.2. The van der Waals surface area contributed by atoms with Gasteiger partial charge in [0.25, 0.3) is 0 Å². The summed E-state index contributed by atoms with van der Waals surface area (Å²) in [5, 5.41) is 10.1. The predicted octanol–water partition coefficient (Wildman–Crippen LogP) is 4.56. The molecule has 0 saturated heterocycles. The van der Waals surface area contributed by atoms with Crippen LogP contribution in [-0.4, -0.2) is 50.5 Å². The summed E-state index contributed by atoms with van der Waals surface area (Å²) in [6.45, 7) is 3.76. The van der Waals surface area contributed by atoms with Crippen LogP contribution in [0.5, 0.6) is 23.0 Å². The van der Waals surface area contributed by atoms with E-state index in [1.54, 1.807) is 40.2 Å². The van der Waals surface area contributed by atoms with Crippen LogP contribution in [0.25, 0.3) is 0 Å². The lowest BCUT2D eigenvalue weighted by Gasteiger charge is -2.36. The van der Waals surface area contributed by atoms with Crippen molar-refractivity contribution in [2.75, 3.05) is 27.9 Å². The first-order chi connectivity index (χ1) is 17.3. The molecule has 1 aliphatic heterocycles. The Morgan fingerprint density at radius 2 is 1.64 bits per heavy atom. The smallest absolute Gasteiger partial charge is 0.315 e. The molecule has 1 N–H and O–H groups in total. The molecular weight excluding hydrogens is 462 g/mol. The van der Waals surface area contributed by atoms with Crippen molar-refractivity contribution < 1.29 is 33.6 Å². The minimum absolute atomic E-state index is 0.0205. The van der Waals surface area contributed by atoms with E-state index in [4.69, 9.17) is 23.9 Å². The first kappa shape index (κ1) is 25.3. The summed E-state index contributed by atoms with van der Waals surface area (Å²) in [5.41, 5.74) is 3.41. The van der Waals surface area contributed by atoms with Crippen LogP contribution < -0.4 is 14.2 Å². The fraction of sp³-hybridized carbons (Fsp3) is 0.393. The number of aliphatic imine (C=N–C) groups is 1. The predicted molar refractivity (Wildman–Crippen MR) is 134 cm³/mol. The van der Waals surface area contributed by atoms with Crippen LogP contribution >= 0.6 is 0 Å². The van der Waals surface area contributed by atoms with E-state index in [1.807, 2.05) is 18.2 Å². The third kappa shape index (κ3) is 4.55. The number of esters is 1. The third-order valence-electron chi connectivity index (χ3n) is 6.87. The number of hydrogen-bond donors (Lipinski definition) is 1. The van der Waals surface area contributed by atoms with Crippen molar-refractivity contribution in [3.8, 4) is 23.0 Å². The van der Waals surface area contributed by atoms with E-state index >= 15 is 0 Å². The average Bonchev–Trinajstić information content (AvgIpc) is 2.87. The number of aromatic hydroxyl groups is 1. The summed E-state index contributed by atoms with van der Waals surface area (Å²) >= 11 is 0. The largest absolute Gasteiger partial charge is 0.504 e. The topological polar surface area (TPSA) is 104 Å². The molecule has 4 rings (SSSR count). The number of carbonyl (C=O) groups excluding carboxylic acids is 2. The monoisotopic (exact) mass is 493 g/mol. The molecule has 190 valence electrons. The molecule has 0 aromatic heterocycles. The molecule has 2 aliphatic rings. The molecule has 1 heterocycles. The highest BCUT2D eigenvalue weighted by molar-refractivity contribution is 6.09. The van der Waals surface area contributed by atoms with E-state index in [9.17, 15) is 14.7 Å². The van der Waals surface area contributed by atoms with Crippen LogP contribution in [0, 0.1) is 5.92 Å². The van der Waals surface area contributed by atoms with Gasteiger partial charge in [0.1, 0.15) is 5.92 Å². The second-order valence-corrected chi connectivity index (χ2v) is 8.89. The minimum atomic E-state index is -0.750. The number of phenols is 1. The lowest BCUT2D eigenvalue weighted by atomic mass is 9.69. The Kier molecular flexibility index (Phi) is 7.33. The number of benzene rings is 2. The summed E-state index contributed by atoms with van der Waals surface area (Å²) in [6.07, 6.45) is 0.805. The molecule has 1 unspecified atom stereocenters. The number of nitrogens with zero attached hydrogens (tertiary/aromatic N) is 1. The van der Waals surface area contributed by atoms with E-state index in [-0.39, 0.29) is 36.2 Å². The quantitative estimate of drug-likeness (QED) is 0.564. The number of methoxy groups -OCH3 is 3. The fourth-order valence-electron chi connectivity index (χ4n) is 5.19. The van der Waals surface area contributed by atoms with Gasteiger partial charge in [-0.2, -0.15) is 0 Å². The van der Waals surface area contributed by atoms with Crippen molar-refractivity contribution >= 4 is 17.5 Å². The fourth-order valence-corrected chi connectivity index (χ4v) is 5.19. The van der Waals surface area contributed by atoms with Crippen molar-refractivity contribution in [3.05, 3.63) is 58.8 Å². The summed E-state index contributed by atoms with van der Waals surface area (Å²) in [5.74, 6) is -0.478. The van der Waals surface area contributed by atoms with Crippen LogP contribution in [0.15, 0.2) is 52.7 Å². The van der Waals surface area contributed by atoms with Gasteiger partial charge in [-0.1, -0.05) is 12.1 Å². The number of phenolic OH excluding ortho intramolecular Hbond substituents is 1. The molecule has 2 aromatic rings. The highest BCUT2D eigenvalue weighted by atomic mass is 16.5. The molecule has 36 heavy (non-hydrogen) atoms. The molecule has 8 nitrogen and oxygen atoms in total. The lowest BCUT2D eigenvalue weighted by Crippen LogP contribution is -2.38. The van der Waals surface area contributed by atoms with E-state index in [1.165, 1.54) is 13.2 Å². The number of carbonyl (C=O) groups is 2. The number of ether oxygens (including phenoxy) is 4. The molecule has 8 heteroatoms. The Balaban J connectivity index is 1.80. The first-order valence-corrected chi connectivity index (χ1v) is 11.9. The maximum Gasteiger partial charge on any atom is 0.315 e. The molecule has 0 radical (unpaired) electrons. The normalized spacial score (nSPS) is 21.4. The Morgan fingerprint density at radius 3 is 2.31 bits per heavy atom. The number of ketones is 1. The van der Waals surface area contributed by atoms with Crippen molar-refractivity contribution in [2.45, 2.75) is 38.5 Å². The van der Waals surface area contributed by atoms with Gasteiger partial charge in [-0.25, -0.2) is 0 Å². The van der Waals surface area contributed by atoms with Crippen LogP contribution in [-0.2, 0) is 14.3 Å². The molecule has 0 fully saturated rings. The van der Waals surface area contributed by atoms with Gasteiger partial charge in [-0.15, -0.1) is 0 Å². The summed E-state index contributed by atoms with van der Waals surface area (Å²) in [4.78, 5) is 31.5. The van der Waals surface area contributed by atoms with Gasteiger partial charge in [-0.3, -0.25) is 14.6 Å². The zero-order valence-electron chi connectivity index (χ0n) is 21.2. The van der Waals surface area contributed by atoms with E-state index in [0.717, 1.165) is 5.56 Å². The minimum Gasteiger partial charge on any atom is -0.504 e. The second kappa shape index (κ2) is 10.4. The van der Waals surface area contributed by atoms with Crippen molar-refractivity contribution in [1.82, 2.24) is 0 Å². The Bertz CT molecular complexity index is 1250. The van der Waals surface area contributed by atoms with Gasteiger partial charge in [0.15, 0.2) is 28.8 Å². The number of rotatable bonds is 7. The van der Waals surface area contributed by atoms with Gasteiger partial charge in [-0.05, 0) is 61.6 Å². The van der Waals surface area contributed by atoms with Crippen molar-refractivity contribution in [2.24, 2.45) is 10.9 Å². The Labute approximate surface area is 210 Å². The summed E-state index contributed by atoms with van der Waals surface area (Å²) < 4.78 is 21.5. The number of hydrogen-bond acceptors (Lipinski definition) is 8. The van der Waals surface area contributed by atoms with Crippen LogP contribution in [0.2, 0.25) is 0 Å². The standard InChI is InChI=1S/C28H31NO7/c1-6-36-28(32)25-15(2)29-19-11-18(16-8-10-22(33-3)24(13-16)35-5)12-21(31)27(19)26(25)17-7-9-20(30)23(14-17)34-4/h7-10,13-14,18,25-26,30H,6,11-12H2,1-5H3/t18-,25?,26+/m1/s1. The molecule has 1 aliphatic carbocycles. The van der Waals surface area contributed by atoms with Gasteiger partial charge in [0, 0.05) is 29.3 Å². The molecular formula is C28H31NO7. The Morgan fingerprint density at radius 1 is 0.972 bits per heavy atom. The maximum atomic E-state index is 13.7. The molecule has 3 atom stereocenters. The highest BCUT2D eigenvalue weighted by Crippen LogP contribution is 2.48.